The van der Waals surface area contributed by atoms with Crippen molar-refractivity contribution in [2.24, 2.45) is 0 Å². The molecule has 1 saturated carbocycles. The van der Waals surface area contributed by atoms with Crippen LogP contribution in [0.15, 0.2) is 48.5 Å². The van der Waals surface area contributed by atoms with Gasteiger partial charge in [0.15, 0.2) is 0 Å². The maximum absolute atomic E-state index is 15.2. The predicted octanol–water partition coefficient (Wildman–Crippen LogP) is 5.63. The molecule has 1 aliphatic carbocycles. The van der Waals surface area contributed by atoms with E-state index in [4.69, 9.17) is 4.74 Å². The second kappa shape index (κ2) is 7.49. The van der Waals surface area contributed by atoms with E-state index >= 15 is 4.39 Å². The molecule has 0 bridgehead atoms. The van der Waals surface area contributed by atoms with E-state index in [1.807, 2.05) is 12.1 Å². The lowest BCUT2D eigenvalue weighted by atomic mass is 9.80. The first-order valence-electron chi connectivity index (χ1n) is 10.8. The third-order valence-electron chi connectivity index (χ3n) is 6.76. The van der Waals surface area contributed by atoms with Gasteiger partial charge >= 0.3 is 0 Å². The molecule has 0 N–H and O–H groups in total. The lowest BCUT2D eigenvalue weighted by molar-refractivity contribution is 0.168. The summed E-state index contributed by atoms with van der Waals surface area (Å²) in [4.78, 5) is 2.23. The minimum absolute atomic E-state index is 0.0461. The first-order chi connectivity index (χ1) is 14.1. The molecule has 1 aromatic heterocycles. The Kier molecular flexibility index (Phi) is 4.83. The number of rotatable bonds is 2. The lowest BCUT2D eigenvalue weighted by Crippen LogP contribution is -2.38. The van der Waals surface area contributed by atoms with E-state index in [2.05, 4.69) is 60.0 Å². The molecule has 0 amide bonds. The second-order valence-electron chi connectivity index (χ2n) is 8.72. The van der Waals surface area contributed by atoms with Crippen molar-refractivity contribution in [1.29, 1.82) is 0 Å². The Bertz CT molecular complexity index is 1020. The Labute approximate surface area is 172 Å². The van der Waals surface area contributed by atoms with E-state index in [-0.39, 0.29) is 12.0 Å². The highest BCUT2D eigenvalue weighted by molar-refractivity contribution is 5.93. The van der Waals surface area contributed by atoms with Gasteiger partial charge in [0.25, 0.3) is 0 Å². The zero-order valence-corrected chi connectivity index (χ0v) is 17.3. The number of likely N-dealkylation sites (N-methyl/N-ethyl adjacent to an activating group) is 1. The fourth-order valence-corrected chi connectivity index (χ4v) is 5.15. The molecule has 2 heterocycles. The van der Waals surface area contributed by atoms with E-state index < -0.39 is 6.17 Å². The van der Waals surface area contributed by atoms with Gasteiger partial charge in [-0.1, -0.05) is 43.2 Å². The van der Waals surface area contributed by atoms with Crippen LogP contribution in [0.5, 0.6) is 5.75 Å². The molecule has 0 radical (unpaired) electrons. The molecule has 0 saturated heterocycles. The standard InChI is InChI=1S/C25H29FN2O/c1-27(2)17-15-28-22-13-7-4-10-19(22)24(18-9-3-6-12-21(18)26)25(28)20-11-5-8-14-23(20)29-16-17/h4-5,7-8,10-11,13-14,17-18,21H,3,6,9,12,15-16H2,1-2H3/t17-,18+,21-/m1/s1. The summed E-state index contributed by atoms with van der Waals surface area (Å²) in [7, 11) is 4.21. The number of nitrogens with zero attached hydrogens (tertiary/aromatic N) is 2. The van der Waals surface area contributed by atoms with Crippen LogP contribution in [0, 0.1) is 0 Å². The molecule has 5 rings (SSSR count). The Morgan fingerprint density at radius 1 is 1.00 bits per heavy atom. The third-order valence-corrected chi connectivity index (χ3v) is 6.76. The summed E-state index contributed by atoms with van der Waals surface area (Å²) in [6.45, 7) is 1.47. The second-order valence-corrected chi connectivity index (χ2v) is 8.72. The van der Waals surface area contributed by atoms with E-state index in [0.717, 1.165) is 42.8 Å². The van der Waals surface area contributed by atoms with Gasteiger partial charge in [0.2, 0.25) is 0 Å². The molecular formula is C25H29FN2O. The Balaban J connectivity index is 1.82. The molecule has 3 aromatic rings. The first kappa shape index (κ1) is 18.7. The van der Waals surface area contributed by atoms with Crippen LogP contribution in [0.25, 0.3) is 22.2 Å². The maximum Gasteiger partial charge on any atom is 0.128 e. The minimum Gasteiger partial charge on any atom is -0.491 e. The van der Waals surface area contributed by atoms with Crippen molar-refractivity contribution >= 4 is 10.9 Å². The highest BCUT2D eigenvalue weighted by atomic mass is 19.1. The highest BCUT2D eigenvalue weighted by Gasteiger charge is 2.34. The molecule has 29 heavy (non-hydrogen) atoms. The zero-order chi connectivity index (χ0) is 20.0. The summed E-state index contributed by atoms with van der Waals surface area (Å²) < 4.78 is 23.9. The van der Waals surface area contributed by atoms with Crippen molar-refractivity contribution < 1.29 is 9.13 Å². The molecule has 2 aromatic carbocycles. The van der Waals surface area contributed by atoms with Gasteiger partial charge < -0.3 is 14.2 Å². The molecule has 2 aliphatic rings. The first-order valence-corrected chi connectivity index (χ1v) is 10.8. The van der Waals surface area contributed by atoms with Crippen molar-refractivity contribution in [1.82, 2.24) is 9.47 Å². The molecule has 0 unspecified atom stereocenters. The number of para-hydroxylation sites is 2. The Morgan fingerprint density at radius 3 is 2.59 bits per heavy atom. The van der Waals surface area contributed by atoms with E-state index in [1.54, 1.807) is 0 Å². The normalized spacial score (nSPS) is 24.5. The largest absolute Gasteiger partial charge is 0.491 e. The Hall–Kier alpha value is -2.33. The van der Waals surface area contributed by atoms with Crippen LogP contribution in [0.3, 0.4) is 0 Å². The summed E-state index contributed by atoms with van der Waals surface area (Å²) in [5.41, 5.74) is 4.64. The lowest BCUT2D eigenvalue weighted by Gasteiger charge is -2.31. The molecule has 1 aliphatic heterocycles. The predicted molar refractivity (Wildman–Crippen MR) is 116 cm³/mol. The number of aromatic nitrogens is 1. The van der Waals surface area contributed by atoms with Gasteiger partial charge in [-0.15, -0.1) is 0 Å². The highest BCUT2D eigenvalue weighted by Crippen LogP contribution is 2.47. The van der Waals surface area contributed by atoms with Crippen LogP contribution in [0.2, 0.25) is 0 Å². The van der Waals surface area contributed by atoms with Crippen LogP contribution in [-0.4, -0.2) is 42.4 Å². The van der Waals surface area contributed by atoms with Gasteiger partial charge in [0, 0.05) is 28.9 Å². The number of ether oxygens (including phenoxy) is 1. The van der Waals surface area contributed by atoms with Gasteiger partial charge in [-0.05, 0) is 50.7 Å². The fraction of sp³-hybridized carbons (Fsp3) is 0.440. The van der Waals surface area contributed by atoms with E-state index in [1.165, 1.54) is 16.5 Å². The topological polar surface area (TPSA) is 17.4 Å². The van der Waals surface area contributed by atoms with Crippen LogP contribution in [-0.2, 0) is 6.54 Å². The zero-order valence-electron chi connectivity index (χ0n) is 17.3. The molecule has 1 fully saturated rings. The summed E-state index contributed by atoms with van der Waals surface area (Å²) in [6.07, 6.45) is 2.91. The number of hydrogen-bond donors (Lipinski definition) is 0. The third kappa shape index (κ3) is 3.14. The molecule has 152 valence electrons. The molecule has 0 spiro atoms. The van der Waals surface area contributed by atoms with Gasteiger partial charge in [-0.25, -0.2) is 4.39 Å². The van der Waals surface area contributed by atoms with Crippen LogP contribution >= 0.6 is 0 Å². The fourth-order valence-electron chi connectivity index (χ4n) is 5.15. The SMILES string of the molecule is CN(C)[C@H]1COc2ccccc2-c2c([C@H]3CCCC[C@H]3F)c3ccccc3n2C1. The molecule has 4 heteroatoms. The van der Waals surface area contributed by atoms with Crippen LogP contribution < -0.4 is 4.74 Å². The van der Waals surface area contributed by atoms with Gasteiger partial charge in [-0.2, -0.15) is 0 Å². The quantitative estimate of drug-likeness (QED) is 0.563. The maximum atomic E-state index is 15.2. The van der Waals surface area contributed by atoms with Crippen LogP contribution in [0.1, 0.15) is 37.2 Å². The number of alkyl halides is 1. The summed E-state index contributed by atoms with van der Waals surface area (Å²) in [6, 6.07) is 17.1. The van der Waals surface area contributed by atoms with Gasteiger partial charge in [-0.3, -0.25) is 0 Å². The van der Waals surface area contributed by atoms with E-state index in [0.29, 0.717) is 13.0 Å². The van der Waals surface area contributed by atoms with Crippen molar-refractivity contribution in [3.05, 3.63) is 54.1 Å². The molecule has 3 nitrogen and oxygen atoms in total. The molecular weight excluding hydrogens is 363 g/mol. The van der Waals surface area contributed by atoms with Gasteiger partial charge in [0.05, 0.1) is 11.7 Å². The summed E-state index contributed by atoms with van der Waals surface area (Å²) >= 11 is 0. The van der Waals surface area contributed by atoms with Crippen molar-refractivity contribution in [3.63, 3.8) is 0 Å². The number of fused-ring (bicyclic) bond motifs is 5. The number of halogens is 1. The number of hydrogen-bond acceptors (Lipinski definition) is 2. The van der Waals surface area contributed by atoms with E-state index in [9.17, 15) is 0 Å². The van der Waals surface area contributed by atoms with Crippen molar-refractivity contribution in [2.75, 3.05) is 20.7 Å². The molecule has 3 atom stereocenters. The average Bonchev–Trinajstić information content (AvgIpc) is 3.03. The van der Waals surface area contributed by atoms with Crippen molar-refractivity contribution in [2.45, 2.75) is 50.4 Å². The summed E-state index contributed by atoms with van der Waals surface area (Å²) in [5, 5.41) is 1.20. The monoisotopic (exact) mass is 392 g/mol. The van der Waals surface area contributed by atoms with Gasteiger partial charge in [0.1, 0.15) is 18.5 Å². The Morgan fingerprint density at radius 2 is 1.76 bits per heavy atom. The minimum atomic E-state index is -0.776. The van der Waals surface area contributed by atoms with Crippen molar-refractivity contribution in [3.8, 4) is 17.0 Å². The smallest absolute Gasteiger partial charge is 0.128 e. The van der Waals surface area contributed by atoms with Crippen LogP contribution in [0.4, 0.5) is 4.39 Å². The average molecular weight is 393 g/mol. The summed E-state index contributed by atoms with van der Waals surface area (Å²) in [5.74, 6) is 0.853. The number of benzene rings is 2.